The van der Waals surface area contributed by atoms with Crippen molar-refractivity contribution in [2.45, 2.75) is 17.3 Å². The van der Waals surface area contributed by atoms with Crippen LogP contribution in [-0.4, -0.2) is 32.8 Å². The van der Waals surface area contributed by atoms with E-state index in [9.17, 15) is 4.39 Å². The van der Waals surface area contributed by atoms with E-state index >= 15 is 0 Å². The molecule has 0 bridgehead atoms. The molecule has 12 rings (SSSR count). The Morgan fingerprint density at radius 3 is 1.88 bits per heavy atom. The number of hydrogen-bond acceptors (Lipinski definition) is 4. The number of rotatable bonds is 7. The standard InChI is InChI=1S/C46H27FN3S.C14H16GeN.Ir/c47-32-27-25-31(26-28-32)42-36-18-8-7-17-35(36)41-37-21-12-22-38(44(37)51-46(41)49-42)45-48-39-23-9-10-24-40(39)50(45)43-33(29-13-3-1-4-14-29)19-11-20-34(43)30-15-5-2-6-16-30;1-15(2,3)13-9-10-14(16-11-13)12-7-5-4-6-8-12;/h1-21,23-28H;4-7,9-11H,1-3H3;/q2*-1;. The first kappa shape index (κ1) is 44.9. The van der Waals surface area contributed by atoms with Crippen LogP contribution in [0.1, 0.15) is 0 Å². The molecule has 0 amide bonds. The van der Waals surface area contributed by atoms with Gasteiger partial charge in [-0.1, -0.05) is 126 Å². The zero-order valence-corrected chi connectivity index (χ0v) is 42.8. The molecule has 4 nitrogen and oxygen atoms in total. The number of halogens is 1. The first-order chi connectivity index (χ1) is 32.8. The van der Waals surface area contributed by atoms with Crippen molar-refractivity contribution in [2.24, 2.45) is 0 Å². The molecule has 8 aromatic carbocycles. The largest absolute Gasteiger partial charge is 0 e. The van der Waals surface area contributed by atoms with Crippen molar-refractivity contribution in [3.63, 3.8) is 0 Å². The third-order valence-corrected chi connectivity index (χ3v) is 17.6. The minimum absolute atomic E-state index is 0. The average Bonchev–Trinajstić information content (AvgIpc) is 3.96. The molecule has 0 aliphatic heterocycles. The third kappa shape index (κ3) is 8.52. The second-order valence-corrected chi connectivity index (χ2v) is 29.2. The van der Waals surface area contributed by atoms with Crippen molar-refractivity contribution < 1.29 is 24.5 Å². The molecule has 0 fully saturated rings. The zero-order chi connectivity index (χ0) is 45.5. The van der Waals surface area contributed by atoms with Crippen LogP contribution < -0.4 is 4.40 Å². The third-order valence-electron chi connectivity index (χ3n) is 12.2. The Morgan fingerprint density at radius 2 is 1.22 bits per heavy atom. The molecule has 4 aromatic heterocycles. The Morgan fingerprint density at radius 1 is 0.559 bits per heavy atom. The minimum Gasteiger partial charge on any atom is 0 e. The predicted octanol–water partition coefficient (Wildman–Crippen LogP) is 15.6. The Hall–Kier alpha value is -6.87. The molecule has 0 aliphatic carbocycles. The molecule has 331 valence electrons. The van der Waals surface area contributed by atoms with Gasteiger partial charge >= 0.3 is 99.8 Å². The van der Waals surface area contributed by atoms with Gasteiger partial charge in [-0.05, 0) is 57.6 Å². The van der Waals surface area contributed by atoms with Gasteiger partial charge in [-0.25, -0.2) is 9.37 Å². The summed E-state index contributed by atoms with van der Waals surface area (Å²) in [6.07, 6.45) is 2.04. The number of benzene rings is 8. The Bertz CT molecular complexity index is 3660. The average molecular weight is 1140 g/mol. The molecule has 0 N–H and O–H groups in total. The van der Waals surface area contributed by atoms with Crippen molar-refractivity contribution in [1.82, 2.24) is 19.5 Å². The monoisotopic (exact) mass is 1140 g/mol. The smallest absolute Gasteiger partial charge is 0 e. The van der Waals surface area contributed by atoms with Gasteiger partial charge in [-0.2, -0.15) is 11.3 Å². The maximum atomic E-state index is 14.0. The Balaban J connectivity index is 0.000000270. The molecule has 0 spiro atoms. The van der Waals surface area contributed by atoms with Crippen LogP contribution in [-0.2, 0) is 20.1 Å². The first-order valence-corrected chi connectivity index (χ1v) is 30.5. The van der Waals surface area contributed by atoms with E-state index in [1.54, 1.807) is 23.5 Å². The van der Waals surface area contributed by atoms with Crippen LogP contribution in [0.3, 0.4) is 0 Å². The van der Waals surface area contributed by atoms with E-state index in [0.29, 0.717) is 0 Å². The quantitative estimate of drug-likeness (QED) is 0.118. The summed E-state index contributed by atoms with van der Waals surface area (Å²) in [5, 5.41) is 4.35. The number of nitrogens with zero attached hydrogens (tertiary/aromatic N) is 4. The van der Waals surface area contributed by atoms with Gasteiger partial charge in [-0.15, -0.1) is 18.2 Å². The van der Waals surface area contributed by atoms with Crippen LogP contribution in [0.2, 0.25) is 17.3 Å². The van der Waals surface area contributed by atoms with E-state index in [-0.39, 0.29) is 25.9 Å². The van der Waals surface area contributed by atoms with Crippen LogP contribution in [0.5, 0.6) is 0 Å². The number of fused-ring (bicyclic) bond motifs is 6. The molecule has 0 saturated heterocycles. The van der Waals surface area contributed by atoms with Crippen molar-refractivity contribution in [3.05, 3.63) is 224 Å². The van der Waals surface area contributed by atoms with Crippen LogP contribution in [0.15, 0.2) is 206 Å². The molecule has 0 unspecified atom stereocenters. The summed E-state index contributed by atoms with van der Waals surface area (Å²) in [5.41, 5.74) is 12.2. The molecule has 1 radical (unpaired) electrons. The van der Waals surface area contributed by atoms with E-state index in [1.165, 1.54) is 16.5 Å². The minimum atomic E-state index is -1.72. The maximum Gasteiger partial charge on any atom is 0 e. The summed E-state index contributed by atoms with van der Waals surface area (Å²) >= 11 is -0.0607. The number of imidazole rings is 1. The van der Waals surface area contributed by atoms with Crippen molar-refractivity contribution in [2.75, 3.05) is 0 Å². The van der Waals surface area contributed by atoms with E-state index < -0.39 is 13.3 Å². The van der Waals surface area contributed by atoms with Gasteiger partial charge in [0.25, 0.3) is 0 Å². The molecule has 4 heterocycles. The van der Waals surface area contributed by atoms with Gasteiger partial charge < -0.3 is 4.57 Å². The van der Waals surface area contributed by atoms with E-state index in [4.69, 9.17) is 9.97 Å². The molecule has 0 aliphatic rings. The van der Waals surface area contributed by atoms with Crippen molar-refractivity contribution in [3.8, 4) is 61.8 Å². The van der Waals surface area contributed by atoms with Crippen LogP contribution in [0, 0.1) is 17.9 Å². The summed E-state index contributed by atoms with van der Waals surface area (Å²) in [5.74, 6) is 7.69. The Labute approximate surface area is 415 Å². The number of para-hydroxylation sites is 3. The fourth-order valence-corrected chi connectivity index (χ4v) is 12.3. The van der Waals surface area contributed by atoms with Crippen molar-refractivity contribution in [1.29, 1.82) is 0 Å². The maximum absolute atomic E-state index is 14.0. The molecule has 0 atom stereocenters. The second kappa shape index (κ2) is 19.0. The van der Waals surface area contributed by atoms with Crippen molar-refractivity contribution >= 4 is 71.1 Å². The number of aromatic nitrogens is 4. The topological polar surface area (TPSA) is 43.6 Å². The zero-order valence-electron chi connectivity index (χ0n) is 37.5. The summed E-state index contributed by atoms with van der Waals surface area (Å²) < 4.78 is 18.8. The Kier molecular flexibility index (Phi) is 12.6. The fraction of sp³-hybridized carbons (Fsp3) is 0.0500. The normalized spacial score (nSPS) is 11.4. The summed E-state index contributed by atoms with van der Waals surface area (Å²) in [7, 11) is 0. The van der Waals surface area contributed by atoms with Gasteiger partial charge in [0, 0.05) is 47.6 Å². The van der Waals surface area contributed by atoms with E-state index in [1.807, 2.05) is 48.7 Å². The molecular weight excluding hydrogens is 1090 g/mol. The van der Waals surface area contributed by atoms with Crippen LogP contribution in [0.25, 0.3) is 104 Å². The second-order valence-electron chi connectivity index (χ2n) is 17.5. The van der Waals surface area contributed by atoms with E-state index in [0.717, 1.165) is 104 Å². The van der Waals surface area contributed by atoms with Crippen LogP contribution >= 0.6 is 11.3 Å². The molecular formula is C60H43FGeIrN4S-2. The molecule has 68 heavy (non-hydrogen) atoms. The molecule has 12 aromatic rings. The van der Waals surface area contributed by atoms with Gasteiger partial charge in [0.05, 0.1) is 28.2 Å². The SMILES string of the molecule is Fc1ccc(-c2nc3sc4c(-c5nc6ccccc6n5-c5c(-c6ccccc6)cccc5-c5ccccc5)[c-]ccc4c3c3ccccc23)cc1.[CH3][Ge]([CH3])([CH3])[c]1ccc(-c2[c-]cccc2)nc1.[Ir]. The van der Waals surface area contributed by atoms with Gasteiger partial charge in [0.1, 0.15) is 10.6 Å². The molecule has 8 heteroatoms. The van der Waals surface area contributed by atoms with Crippen LogP contribution in [0.4, 0.5) is 4.39 Å². The number of pyridine rings is 2. The summed E-state index contributed by atoms with van der Waals surface area (Å²) in [6.45, 7) is 0. The van der Waals surface area contributed by atoms with Gasteiger partial charge in [0.15, 0.2) is 0 Å². The van der Waals surface area contributed by atoms with Gasteiger partial charge in [0.2, 0.25) is 0 Å². The number of hydrogen-bond donors (Lipinski definition) is 0. The van der Waals surface area contributed by atoms with Gasteiger partial charge in [-0.3, -0.25) is 4.98 Å². The summed E-state index contributed by atoms with van der Waals surface area (Å²) in [6, 6.07) is 74.3. The predicted molar refractivity (Wildman–Crippen MR) is 281 cm³/mol. The summed E-state index contributed by atoms with van der Waals surface area (Å²) in [4.78, 5) is 16.1. The number of thiophene rings is 1. The van der Waals surface area contributed by atoms with E-state index in [2.05, 4.69) is 172 Å². The molecule has 0 saturated carbocycles. The first-order valence-electron chi connectivity index (χ1n) is 22.4. The fourth-order valence-electron chi connectivity index (χ4n) is 8.91.